The Morgan fingerprint density at radius 1 is 1.35 bits per heavy atom. The van der Waals surface area contributed by atoms with Gasteiger partial charge in [0.25, 0.3) is 5.91 Å². The van der Waals surface area contributed by atoms with Gasteiger partial charge in [0.1, 0.15) is 0 Å². The van der Waals surface area contributed by atoms with E-state index < -0.39 is 0 Å². The first kappa shape index (κ1) is 17.9. The van der Waals surface area contributed by atoms with E-state index in [4.69, 9.17) is 16.3 Å². The van der Waals surface area contributed by atoms with Crippen LogP contribution in [0.1, 0.15) is 55.4 Å². The highest BCUT2D eigenvalue weighted by atomic mass is 35.5. The van der Waals surface area contributed by atoms with Crippen molar-refractivity contribution in [3.63, 3.8) is 0 Å². The Morgan fingerprint density at radius 3 is 3.00 bits per heavy atom. The monoisotopic (exact) mass is 374 g/mol. The Morgan fingerprint density at radius 2 is 2.23 bits per heavy atom. The molecule has 140 valence electrons. The second-order valence-corrected chi connectivity index (χ2v) is 8.36. The summed E-state index contributed by atoms with van der Waals surface area (Å²) in [7, 11) is 0. The van der Waals surface area contributed by atoms with Gasteiger partial charge >= 0.3 is 0 Å². The summed E-state index contributed by atoms with van der Waals surface area (Å²) in [5.41, 5.74) is 1.70. The highest BCUT2D eigenvalue weighted by Crippen LogP contribution is 2.33. The molecule has 2 heterocycles. The molecule has 0 radical (unpaired) electrons. The fraction of sp³-hybridized carbons (Fsp3) is 0.571. The maximum absolute atomic E-state index is 12.9. The fourth-order valence-corrected chi connectivity index (χ4v) is 4.83. The lowest BCUT2D eigenvalue weighted by Crippen LogP contribution is -2.31. The van der Waals surface area contributed by atoms with Crippen LogP contribution in [0.3, 0.4) is 0 Å². The topological polar surface area (TPSA) is 43.3 Å². The molecule has 1 saturated heterocycles. The number of aromatic nitrogens is 1. The highest BCUT2D eigenvalue weighted by Gasteiger charge is 2.25. The molecule has 2 fully saturated rings. The number of amides is 1. The molecular weight excluding hydrogens is 348 g/mol. The van der Waals surface area contributed by atoms with Crippen LogP contribution in [0, 0.1) is 11.8 Å². The molecule has 4 nitrogen and oxygen atoms in total. The standard InChI is InChI=1S/C21H27ClN2O2/c1-14-4-2-5-15(10-14)11-23-21(25)17-12-24(16-8-9-26-13-16)19-7-3-6-18(22)20(17)19/h3,6-7,12,14-16H,2,4-5,8-11,13H2,1H3,(H,23,25). The number of ether oxygens (including phenoxy) is 1. The Bertz CT molecular complexity index is 795. The predicted octanol–water partition coefficient (Wildman–Crippen LogP) is 4.81. The predicted molar refractivity (Wildman–Crippen MR) is 105 cm³/mol. The van der Waals surface area contributed by atoms with Crippen LogP contribution >= 0.6 is 11.6 Å². The number of halogens is 1. The summed E-state index contributed by atoms with van der Waals surface area (Å²) in [4.78, 5) is 12.9. The van der Waals surface area contributed by atoms with Gasteiger partial charge in [0.2, 0.25) is 0 Å². The van der Waals surface area contributed by atoms with Gasteiger partial charge in [-0.25, -0.2) is 0 Å². The first-order chi connectivity index (χ1) is 12.6. The molecule has 1 N–H and O–H groups in total. The number of benzene rings is 1. The molecule has 1 amide bonds. The largest absolute Gasteiger partial charge is 0.379 e. The Balaban J connectivity index is 1.58. The summed E-state index contributed by atoms with van der Waals surface area (Å²) in [6.07, 6.45) is 7.95. The SMILES string of the molecule is CC1CCCC(CNC(=O)c2cn(C3CCOC3)c3cccc(Cl)c23)C1. The lowest BCUT2D eigenvalue weighted by molar-refractivity contribution is 0.0942. The van der Waals surface area contributed by atoms with Crippen LogP contribution in [0.5, 0.6) is 0 Å². The highest BCUT2D eigenvalue weighted by molar-refractivity contribution is 6.36. The van der Waals surface area contributed by atoms with Crippen LogP contribution in [-0.2, 0) is 4.74 Å². The van der Waals surface area contributed by atoms with Gasteiger partial charge in [-0.05, 0) is 43.2 Å². The smallest absolute Gasteiger partial charge is 0.253 e. The molecule has 5 heteroatoms. The maximum Gasteiger partial charge on any atom is 0.253 e. The van der Waals surface area contributed by atoms with Crippen molar-refractivity contribution in [1.29, 1.82) is 0 Å². The molecule has 0 bridgehead atoms. The molecule has 1 aromatic heterocycles. The van der Waals surface area contributed by atoms with Crippen molar-refractivity contribution >= 4 is 28.4 Å². The number of rotatable bonds is 4. The lowest BCUT2D eigenvalue weighted by Gasteiger charge is -2.26. The molecule has 4 rings (SSSR count). The van der Waals surface area contributed by atoms with Gasteiger partial charge in [-0.2, -0.15) is 0 Å². The minimum Gasteiger partial charge on any atom is -0.379 e. The molecule has 1 aliphatic heterocycles. The number of carbonyl (C=O) groups excluding carboxylic acids is 1. The summed E-state index contributed by atoms with van der Waals surface area (Å²) < 4.78 is 7.72. The molecule has 1 aliphatic carbocycles. The van der Waals surface area contributed by atoms with Gasteiger partial charge in [-0.3, -0.25) is 4.79 Å². The lowest BCUT2D eigenvalue weighted by atomic mass is 9.82. The Kier molecular flexibility index (Phi) is 5.23. The third-order valence-electron chi connectivity index (χ3n) is 5.95. The minimum atomic E-state index is -0.0148. The number of hydrogen-bond donors (Lipinski definition) is 1. The van der Waals surface area contributed by atoms with E-state index in [-0.39, 0.29) is 11.9 Å². The second-order valence-electron chi connectivity index (χ2n) is 7.95. The average molecular weight is 375 g/mol. The van der Waals surface area contributed by atoms with Gasteiger partial charge in [0.05, 0.1) is 28.8 Å². The zero-order valence-corrected chi connectivity index (χ0v) is 16.1. The summed E-state index contributed by atoms with van der Waals surface area (Å²) in [5.74, 6) is 1.35. The molecule has 3 atom stereocenters. The number of carbonyl (C=O) groups is 1. The molecule has 26 heavy (non-hydrogen) atoms. The summed E-state index contributed by atoms with van der Waals surface area (Å²) in [6, 6.07) is 6.12. The van der Waals surface area contributed by atoms with Crippen LogP contribution in [0.4, 0.5) is 0 Å². The summed E-state index contributed by atoms with van der Waals surface area (Å²) >= 11 is 6.47. The van der Waals surface area contributed by atoms with Crippen molar-refractivity contribution in [2.75, 3.05) is 19.8 Å². The van der Waals surface area contributed by atoms with E-state index >= 15 is 0 Å². The van der Waals surface area contributed by atoms with Crippen molar-refractivity contribution in [3.8, 4) is 0 Å². The van der Waals surface area contributed by atoms with Gasteiger partial charge in [-0.15, -0.1) is 0 Å². The average Bonchev–Trinajstić information content (AvgIpc) is 3.28. The Labute approximate surface area is 159 Å². The molecule has 1 aromatic carbocycles. The van der Waals surface area contributed by atoms with E-state index in [9.17, 15) is 4.79 Å². The van der Waals surface area contributed by atoms with Crippen LogP contribution in [0.15, 0.2) is 24.4 Å². The zero-order chi connectivity index (χ0) is 18.1. The first-order valence-electron chi connectivity index (χ1n) is 9.78. The van der Waals surface area contributed by atoms with Crippen molar-refractivity contribution in [3.05, 3.63) is 35.0 Å². The van der Waals surface area contributed by atoms with E-state index in [0.29, 0.717) is 23.1 Å². The molecule has 0 spiro atoms. The van der Waals surface area contributed by atoms with Crippen molar-refractivity contribution in [1.82, 2.24) is 9.88 Å². The van der Waals surface area contributed by atoms with Gasteiger partial charge in [-0.1, -0.05) is 37.4 Å². The number of hydrogen-bond acceptors (Lipinski definition) is 2. The minimum absolute atomic E-state index is 0.0148. The molecule has 2 aromatic rings. The maximum atomic E-state index is 12.9. The van der Waals surface area contributed by atoms with Gasteiger partial charge < -0.3 is 14.6 Å². The van der Waals surface area contributed by atoms with Gasteiger partial charge in [0, 0.05) is 24.7 Å². The third-order valence-corrected chi connectivity index (χ3v) is 6.26. The van der Waals surface area contributed by atoms with Crippen molar-refractivity contribution in [2.45, 2.75) is 45.1 Å². The van der Waals surface area contributed by atoms with E-state index in [1.54, 1.807) is 0 Å². The first-order valence-corrected chi connectivity index (χ1v) is 10.2. The van der Waals surface area contributed by atoms with Crippen LogP contribution in [0.25, 0.3) is 10.9 Å². The quantitative estimate of drug-likeness (QED) is 0.834. The van der Waals surface area contributed by atoms with Crippen LogP contribution < -0.4 is 5.32 Å². The number of nitrogens with zero attached hydrogens (tertiary/aromatic N) is 1. The number of fused-ring (bicyclic) bond motifs is 1. The molecule has 3 unspecified atom stereocenters. The van der Waals surface area contributed by atoms with Crippen LogP contribution in [-0.4, -0.2) is 30.2 Å². The van der Waals surface area contributed by atoms with E-state index in [1.165, 1.54) is 25.7 Å². The normalized spacial score (nSPS) is 26.3. The number of nitrogens with one attached hydrogen (secondary N) is 1. The van der Waals surface area contributed by atoms with E-state index in [1.807, 2.05) is 24.4 Å². The fourth-order valence-electron chi connectivity index (χ4n) is 4.56. The second kappa shape index (κ2) is 7.61. The van der Waals surface area contributed by atoms with E-state index in [2.05, 4.69) is 16.8 Å². The molecule has 1 saturated carbocycles. The van der Waals surface area contributed by atoms with Crippen molar-refractivity contribution < 1.29 is 9.53 Å². The molecular formula is C21H27ClN2O2. The van der Waals surface area contributed by atoms with Crippen LogP contribution in [0.2, 0.25) is 5.02 Å². The third kappa shape index (κ3) is 3.49. The molecule has 2 aliphatic rings. The van der Waals surface area contributed by atoms with Crippen molar-refractivity contribution in [2.24, 2.45) is 11.8 Å². The van der Waals surface area contributed by atoms with E-state index in [0.717, 1.165) is 36.4 Å². The summed E-state index contributed by atoms with van der Waals surface area (Å²) in [5, 5.41) is 4.66. The summed E-state index contributed by atoms with van der Waals surface area (Å²) in [6.45, 7) is 4.53. The van der Waals surface area contributed by atoms with Gasteiger partial charge in [0.15, 0.2) is 0 Å². The zero-order valence-electron chi connectivity index (χ0n) is 15.3. The Hall–Kier alpha value is -1.52.